The summed E-state index contributed by atoms with van der Waals surface area (Å²) in [7, 11) is 3.70. The molecule has 1 saturated heterocycles. The van der Waals surface area contributed by atoms with E-state index in [4.69, 9.17) is 15.5 Å². The number of amides is 1. The van der Waals surface area contributed by atoms with E-state index >= 15 is 0 Å². The summed E-state index contributed by atoms with van der Waals surface area (Å²) in [4.78, 5) is 20.6. The van der Waals surface area contributed by atoms with E-state index in [1.165, 1.54) is 29.3 Å². The fourth-order valence-electron chi connectivity index (χ4n) is 6.71. The second kappa shape index (κ2) is 7.84. The molecule has 1 aliphatic heterocycles. The lowest BCUT2D eigenvalue weighted by Gasteiger charge is -2.27. The smallest absolute Gasteiger partial charge is 0.254 e. The summed E-state index contributed by atoms with van der Waals surface area (Å²) in [5.74, 6) is 2.75. The van der Waals surface area contributed by atoms with E-state index in [9.17, 15) is 4.79 Å². The maximum Gasteiger partial charge on any atom is 0.254 e. The van der Waals surface area contributed by atoms with Gasteiger partial charge < -0.3 is 24.5 Å². The monoisotopic (exact) mass is 483 g/mol. The largest absolute Gasteiger partial charge is 0.494 e. The summed E-state index contributed by atoms with van der Waals surface area (Å²) in [5, 5.41) is 1.24. The lowest BCUT2D eigenvalue weighted by Crippen LogP contribution is -2.41. The number of benzene rings is 2. The van der Waals surface area contributed by atoms with Crippen molar-refractivity contribution < 1.29 is 9.53 Å². The first kappa shape index (κ1) is 21.9. The van der Waals surface area contributed by atoms with Gasteiger partial charge in [0.25, 0.3) is 5.91 Å². The van der Waals surface area contributed by atoms with Gasteiger partial charge in [0.2, 0.25) is 0 Å². The van der Waals surface area contributed by atoms with Crippen LogP contribution in [0.4, 0.5) is 0 Å². The van der Waals surface area contributed by atoms with Gasteiger partial charge in [-0.15, -0.1) is 0 Å². The molecule has 2 N–H and O–H groups in total. The molecule has 3 atom stereocenters. The first-order valence-electron chi connectivity index (χ1n) is 13.1. The Morgan fingerprint density at radius 3 is 2.67 bits per heavy atom. The minimum Gasteiger partial charge on any atom is -0.494 e. The summed E-state index contributed by atoms with van der Waals surface area (Å²) < 4.78 is 10.4. The van der Waals surface area contributed by atoms with E-state index in [1.54, 1.807) is 7.11 Å². The summed E-state index contributed by atoms with van der Waals surface area (Å²) >= 11 is 0. The number of ether oxygens (including phenoxy) is 1. The van der Waals surface area contributed by atoms with Gasteiger partial charge in [0, 0.05) is 43.2 Å². The summed E-state index contributed by atoms with van der Waals surface area (Å²) in [6.45, 7) is 3.94. The predicted octanol–water partition coefficient (Wildman–Crippen LogP) is 4.48. The molecular formula is C29H33N5O2. The number of aromatic nitrogens is 3. The molecule has 2 aliphatic carbocycles. The normalized spacial score (nSPS) is 23.3. The van der Waals surface area contributed by atoms with Crippen molar-refractivity contribution in [2.24, 2.45) is 24.6 Å². The van der Waals surface area contributed by atoms with Crippen LogP contribution in [0.25, 0.3) is 33.5 Å². The van der Waals surface area contributed by atoms with E-state index in [-0.39, 0.29) is 18.0 Å². The highest BCUT2D eigenvalue weighted by Crippen LogP contribution is 2.40. The van der Waals surface area contributed by atoms with Gasteiger partial charge in [0.15, 0.2) is 5.82 Å². The average molecular weight is 484 g/mol. The molecule has 0 spiro atoms. The molecule has 2 aromatic heterocycles. The zero-order chi connectivity index (χ0) is 24.7. The van der Waals surface area contributed by atoms with Crippen molar-refractivity contribution >= 4 is 27.8 Å². The number of carbonyl (C=O) groups excluding carboxylic acids is 1. The standard InChI is InChI=1S/C29H33N5O2/c1-16-5-4-6-18-12-23(33(26(16)18)14-17-7-8-17)28-31-21-11-20(13-24(36-3)27(21)32(28)2)29(35)34-15-19-9-10-22(34)25(19)30/h4-6,11-13,17,19,22,25H,7-10,14-15,30H2,1-3H3/t19-,22-,25-/m1/s1. The van der Waals surface area contributed by atoms with E-state index in [0.29, 0.717) is 17.2 Å². The third-order valence-corrected chi connectivity index (χ3v) is 8.80. The van der Waals surface area contributed by atoms with Crippen LogP contribution in [-0.2, 0) is 13.6 Å². The Balaban J connectivity index is 1.36. The zero-order valence-corrected chi connectivity index (χ0v) is 21.2. The highest BCUT2D eigenvalue weighted by Gasteiger charge is 2.47. The molecule has 7 rings (SSSR count). The van der Waals surface area contributed by atoms with Gasteiger partial charge in [-0.05, 0) is 68.2 Å². The van der Waals surface area contributed by atoms with Gasteiger partial charge in [0.05, 0.1) is 23.8 Å². The average Bonchev–Trinajstić information content (AvgIpc) is 3.26. The molecule has 3 fully saturated rings. The molecule has 3 aliphatic rings. The van der Waals surface area contributed by atoms with E-state index in [0.717, 1.165) is 54.4 Å². The lowest BCUT2D eigenvalue weighted by atomic mass is 10.1. The van der Waals surface area contributed by atoms with Gasteiger partial charge >= 0.3 is 0 Å². The number of hydrogen-bond acceptors (Lipinski definition) is 4. The van der Waals surface area contributed by atoms with Crippen LogP contribution >= 0.6 is 0 Å². The van der Waals surface area contributed by atoms with Gasteiger partial charge in [-0.1, -0.05) is 18.2 Å². The van der Waals surface area contributed by atoms with Crippen LogP contribution in [0.1, 0.15) is 41.6 Å². The van der Waals surface area contributed by atoms with Crippen molar-refractivity contribution in [3.8, 4) is 17.3 Å². The molecule has 2 aromatic carbocycles. The van der Waals surface area contributed by atoms with Crippen LogP contribution in [0.15, 0.2) is 36.4 Å². The molecule has 186 valence electrons. The maximum absolute atomic E-state index is 13.6. The van der Waals surface area contributed by atoms with Gasteiger partial charge in [0.1, 0.15) is 11.3 Å². The van der Waals surface area contributed by atoms with Gasteiger partial charge in [-0.2, -0.15) is 0 Å². The molecule has 3 heterocycles. The fourth-order valence-corrected chi connectivity index (χ4v) is 6.71. The number of imidazole rings is 1. The number of aryl methyl sites for hydroxylation is 2. The van der Waals surface area contributed by atoms with Crippen LogP contribution in [0.5, 0.6) is 5.75 Å². The SMILES string of the molecule is COc1cc(C(=O)N2C[C@H]3CC[C@@H]2[C@@H]3N)cc2nc(-c3cc4cccc(C)c4n3CC3CC3)n(C)c12. The highest BCUT2D eigenvalue weighted by molar-refractivity contribution is 6.00. The van der Waals surface area contributed by atoms with Crippen LogP contribution in [0, 0.1) is 18.8 Å². The topological polar surface area (TPSA) is 78.3 Å². The molecule has 4 aromatic rings. The summed E-state index contributed by atoms with van der Waals surface area (Å²) in [6.07, 6.45) is 4.69. The van der Waals surface area contributed by atoms with Crippen molar-refractivity contribution in [2.45, 2.75) is 51.2 Å². The molecule has 0 radical (unpaired) electrons. The number of carbonyl (C=O) groups is 1. The van der Waals surface area contributed by atoms with Crippen LogP contribution in [0.2, 0.25) is 0 Å². The number of fused-ring (bicyclic) bond motifs is 4. The van der Waals surface area contributed by atoms with Crippen molar-refractivity contribution in [2.75, 3.05) is 13.7 Å². The van der Waals surface area contributed by atoms with Crippen molar-refractivity contribution in [3.05, 3.63) is 47.5 Å². The molecule has 36 heavy (non-hydrogen) atoms. The Bertz CT molecular complexity index is 1530. The molecule has 1 amide bonds. The number of methoxy groups -OCH3 is 1. The number of para-hydroxylation sites is 1. The number of nitrogens with zero attached hydrogens (tertiary/aromatic N) is 4. The number of likely N-dealkylation sites (tertiary alicyclic amines) is 1. The first-order valence-corrected chi connectivity index (χ1v) is 13.1. The quantitative estimate of drug-likeness (QED) is 0.454. The second-order valence-electron chi connectivity index (χ2n) is 11.1. The van der Waals surface area contributed by atoms with Crippen LogP contribution in [0.3, 0.4) is 0 Å². The first-order chi connectivity index (χ1) is 17.4. The predicted molar refractivity (Wildman–Crippen MR) is 141 cm³/mol. The number of rotatable bonds is 5. The molecule has 7 heteroatoms. The molecular weight excluding hydrogens is 450 g/mol. The minimum atomic E-state index is 0.0310. The number of piperidine rings is 1. The summed E-state index contributed by atoms with van der Waals surface area (Å²) in [5.41, 5.74) is 12.4. The third kappa shape index (κ3) is 3.15. The van der Waals surface area contributed by atoms with Crippen LogP contribution < -0.4 is 10.5 Å². The Hall–Kier alpha value is -3.32. The lowest BCUT2D eigenvalue weighted by molar-refractivity contribution is 0.0700. The molecule has 0 unspecified atom stereocenters. The highest BCUT2D eigenvalue weighted by atomic mass is 16.5. The molecule has 2 bridgehead atoms. The van der Waals surface area contributed by atoms with E-state index in [2.05, 4.69) is 40.3 Å². The van der Waals surface area contributed by atoms with E-state index < -0.39 is 0 Å². The molecule has 7 nitrogen and oxygen atoms in total. The number of nitrogens with two attached hydrogens (primary N) is 1. The number of hydrogen-bond donors (Lipinski definition) is 1. The Labute approximate surface area is 210 Å². The minimum absolute atomic E-state index is 0.0310. The zero-order valence-electron chi connectivity index (χ0n) is 21.2. The van der Waals surface area contributed by atoms with Crippen LogP contribution in [-0.4, -0.2) is 50.7 Å². The van der Waals surface area contributed by atoms with E-state index in [1.807, 2.05) is 24.1 Å². The Morgan fingerprint density at radius 2 is 1.97 bits per heavy atom. The maximum atomic E-state index is 13.6. The van der Waals surface area contributed by atoms with Crippen molar-refractivity contribution in [1.82, 2.24) is 19.0 Å². The van der Waals surface area contributed by atoms with Gasteiger partial charge in [-0.3, -0.25) is 4.79 Å². The third-order valence-electron chi connectivity index (χ3n) is 8.80. The second-order valence-corrected chi connectivity index (χ2v) is 11.1. The molecule has 2 saturated carbocycles. The Morgan fingerprint density at radius 1 is 1.14 bits per heavy atom. The fraction of sp³-hybridized carbons (Fsp3) is 0.448. The van der Waals surface area contributed by atoms with Gasteiger partial charge in [-0.25, -0.2) is 4.98 Å². The summed E-state index contributed by atoms with van der Waals surface area (Å²) in [6, 6.07) is 12.8. The Kier molecular flexibility index (Phi) is 4.77. The van der Waals surface area contributed by atoms with Crippen molar-refractivity contribution in [1.29, 1.82) is 0 Å². The van der Waals surface area contributed by atoms with Crippen molar-refractivity contribution in [3.63, 3.8) is 0 Å².